The van der Waals surface area contributed by atoms with Gasteiger partial charge in [-0.3, -0.25) is 0 Å². The van der Waals surface area contributed by atoms with Crippen LogP contribution in [0.15, 0.2) is 48.5 Å². The zero-order chi connectivity index (χ0) is 22.2. The van der Waals surface area contributed by atoms with Gasteiger partial charge in [-0.05, 0) is 67.2 Å². The van der Waals surface area contributed by atoms with Crippen molar-refractivity contribution in [1.82, 2.24) is 0 Å². The number of unbranched alkanes of at least 4 members (excludes halogenated alkanes) is 1. The molecule has 3 nitrogen and oxygen atoms in total. The Morgan fingerprint density at radius 2 is 1.31 bits per heavy atom. The molecule has 2 aromatic carbocycles. The molecule has 1 aliphatic heterocycles. The van der Waals surface area contributed by atoms with E-state index in [1.807, 2.05) is 12.1 Å². The smallest absolute Gasteiger partial charge is 0.183 e. The molecule has 0 bridgehead atoms. The molecule has 0 unspecified atom stereocenters. The van der Waals surface area contributed by atoms with Crippen molar-refractivity contribution in [1.29, 1.82) is 0 Å². The number of hydrogen-bond acceptors (Lipinski definition) is 3. The SMILES string of the molecule is CCCCOc1ccc(C2OCC(c3ccc(C4CCC(CCC)CC4)cc3)CO2)cc1. The maximum Gasteiger partial charge on any atom is 0.183 e. The van der Waals surface area contributed by atoms with E-state index in [0.717, 1.165) is 42.6 Å². The van der Waals surface area contributed by atoms with Crippen molar-refractivity contribution >= 4 is 0 Å². The second kappa shape index (κ2) is 11.9. The highest BCUT2D eigenvalue weighted by atomic mass is 16.7. The summed E-state index contributed by atoms with van der Waals surface area (Å²) in [5, 5.41) is 0. The number of rotatable bonds is 9. The molecule has 3 heteroatoms. The summed E-state index contributed by atoms with van der Waals surface area (Å²) in [4.78, 5) is 0. The first-order valence-corrected chi connectivity index (χ1v) is 12.8. The monoisotopic (exact) mass is 436 g/mol. The summed E-state index contributed by atoms with van der Waals surface area (Å²) < 4.78 is 17.9. The van der Waals surface area contributed by atoms with Crippen LogP contribution in [-0.4, -0.2) is 19.8 Å². The largest absolute Gasteiger partial charge is 0.494 e. The molecule has 0 amide bonds. The molecule has 2 fully saturated rings. The molecule has 1 saturated carbocycles. The van der Waals surface area contributed by atoms with Gasteiger partial charge in [-0.2, -0.15) is 0 Å². The molecule has 2 aromatic rings. The molecule has 0 aromatic heterocycles. The van der Waals surface area contributed by atoms with Gasteiger partial charge < -0.3 is 14.2 Å². The molecular formula is C29H40O3. The quantitative estimate of drug-likeness (QED) is 0.376. The van der Waals surface area contributed by atoms with Crippen LogP contribution >= 0.6 is 0 Å². The van der Waals surface area contributed by atoms with Crippen molar-refractivity contribution in [3.63, 3.8) is 0 Å². The first-order valence-electron chi connectivity index (χ1n) is 12.8. The summed E-state index contributed by atoms with van der Waals surface area (Å²) in [6.07, 6.45) is 10.2. The van der Waals surface area contributed by atoms with Crippen molar-refractivity contribution in [2.24, 2.45) is 5.92 Å². The molecule has 0 N–H and O–H groups in total. The van der Waals surface area contributed by atoms with E-state index in [9.17, 15) is 0 Å². The van der Waals surface area contributed by atoms with Gasteiger partial charge in [-0.15, -0.1) is 0 Å². The molecule has 2 aliphatic rings. The van der Waals surface area contributed by atoms with Gasteiger partial charge >= 0.3 is 0 Å². The van der Waals surface area contributed by atoms with E-state index < -0.39 is 0 Å². The van der Waals surface area contributed by atoms with Gasteiger partial charge in [0.25, 0.3) is 0 Å². The Kier molecular flexibility index (Phi) is 8.64. The highest BCUT2D eigenvalue weighted by Gasteiger charge is 2.26. The van der Waals surface area contributed by atoms with Crippen LogP contribution in [0.4, 0.5) is 0 Å². The normalized spacial score (nSPS) is 26.1. The predicted molar refractivity (Wildman–Crippen MR) is 130 cm³/mol. The van der Waals surface area contributed by atoms with Crippen molar-refractivity contribution in [2.45, 2.75) is 83.3 Å². The Morgan fingerprint density at radius 1 is 0.719 bits per heavy atom. The fourth-order valence-electron chi connectivity index (χ4n) is 5.18. The summed E-state index contributed by atoms with van der Waals surface area (Å²) in [6, 6.07) is 17.4. The summed E-state index contributed by atoms with van der Waals surface area (Å²) >= 11 is 0. The van der Waals surface area contributed by atoms with Crippen molar-refractivity contribution in [2.75, 3.05) is 19.8 Å². The van der Waals surface area contributed by atoms with Crippen molar-refractivity contribution in [3.8, 4) is 5.75 Å². The molecule has 174 valence electrons. The van der Waals surface area contributed by atoms with Gasteiger partial charge in [0.05, 0.1) is 19.8 Å². The predicted octanol–water partition coefficient (Wildman–Crippen LogP) is 7.77. The third kappa shape index (κ3) is 6.14. The molecule has 1 aliphatic carbocycles. The summed E-state index contributed by atoms with van der Waals surface area (Å²) in [6.45, 7) is 6.64. The molecular weight excluding hydrogens is 396 g/mol. The molecule has 0 spiro atoms. The fourth-order valence-corrected chi connectivity index (χ4v) is 5.18. The second-order valence-electron chi connectivity index (χ2n) is 9.64. The highest BCUT2D eigenvalue weighted by Crippen LogP contribution is 2.38. The van der Waals surface area contributed by atoms with Gasteiger partial charge in [-0.1, -0.05) is 69.5 Å². The van der Waals surface area contributed by atoms with Crippen LogP contribution in [0.25, 0.3) is 0 Å². The first kappa shape index (κ1) is 23.3. The lowest BCUT2D eigenvalue weighted by Gasteiger charge is -2.31. The van der Waals surface area contributed by atoms with Crippen LogP contribution in [0.5, 0.6) is 5.75 Å². The molecule has 32 heavy (non-hydrogen) atoms. The lowest BCUT2D eigenvalue weighted by Crippen LogP contribution is -2.25. The van der Waals surface area contributed by atoms with Crippen LogP contribution in [-0.2, 0) is 9.47 Å². The maximum absolute atomic E-state index is 6.09. The minimum Gasteiger partial charge on any atom is -0.494 e. The topological polar surface area (TPSA) is 27.7 Å². The van der Waals surface area contributed by atoms with Crippen LogP contribution < -0.4 is 4.74 Å². The van der Waals surface area contributed by atoms with E-state index in [4.69, 9.17) is 14.2 Å². The van der Waals surface area contributed by atoms with Crippen LogP contribution in [0.1, 0.15) is 100 Å². The Bertz CT molecular complexity index is 782. The van der Waals surface area contributed by atoms with Crippen molar-refractivity contribution < 1.29 is 14.2 Å². The Hall–Kier alpha value is -1.84. The van der Waals surface area contributed by atoms with E-state index in [-0.39, 0.29) is 6.29 Å². The van der Waals surface area contributed by atoms with Crippen molar-refractivity contribution in [3.05, 3.63) is 65.2 Å². The first-order chi connectivity index (χ1) is 15.8. The Balaban J connectivity index is 1.25. The highest BCUT2D eigenvalue weighted by molar-refractivity contribution is 5.30. The lowest BCUT2D eigenvalue weighted by atomic mass is 9.77. The van der Waals surface area contributed by atoms with Gasteiger partial charge in [0, 0.05) is 11.5 Å². The summed E-state index contributed by atoms with van der Waals surface area (Å²) in [5.74, 6) is 2.92. The second-order valence-corrected chi connectivity index (χ2v) is 9.64. The zero-order valence-electron chi connectivity index (χ0n) is 19.9. The lowest BCUT2D eigenvalue weighted by molar-refractivity contribution is -0.191. The Morgan fingerprint density at radius 3 is 1.91 bits per heavy atom. The van der Waals surface area contributed by atoms with Crippen LogP contribution in [0.2, 0.25) is 0 Å². The van der Waals surface area contributed by atoms with Crippen LogP contribution in [0.3, 0.4) is 0 Å². The summed E-state index contributed by atoms with van der Waals surface area (Å²) in [5.41, 5.74) is 3.90. The molecule has 1 heterocycles. The van der Waals surface area contributed by atoms with E-state index in [0.29, 0.717) is 19.1 Å². The third-order valence-electron chi connectivity index (χ3n) is 7.24. The summed E-state index contributed by atoms with van der Waals surface area (Å²) in [7, 11) is 0. The van der Waals surface area contributed by atoms with E-state index in [2.05, 4.69) is 50.2 Å². The van der Waals surface area contributed by atoms with Crippen LogP contribution in [0, 0.1) is 5.92 Å². The molecule has 1 saturated heterocycles. The van der Waals surface area contributed by atoms with Gasteiger partial charge in [-0.25, -0.2) is 0 Å². The van der Waals surface area contributed by atoms with E-state index in [1.54, 1.807) is 0 Å². The van der Waals surface area contributed by atoms with E-state index in [1.165, 1.54) is 49.7 Å². The zero-order valence-corrected chi connectivity index (χ0v) is 19.9. The molecule has 4 rings (SSSR count). The number of ether oxygens (including phenoxy) is 3. The average Bonchev–Trinajstić information content (AvgIpc) is 2.86. The maximum atomic E-state index is 6.09. The molecule has 0 radical (unpaired) electrons. The third-order valence-corrected chi connectivity index (χ3v) is 7.24. The number of benzene rings is 2. The van der Waals surface area contributed by atoms with Gasteiger partial charge in [0.2, 0.25) is 0 Å². The standard InChI is InChI=1S/C29H40O3/c1-3-5-19-30-28-17-15-26(16-18-28)29-31-20-27(21-32-29)25-13-11-24(12-14-25)23-9-7-22(6-4-2)8-10-23/h11-18,22-23,27,29H,3-10,19-21H2,1-2H3. The Labute approximate surface area is 194 Å². The number of hydrogen-bond donors (Lipinski definition) is 0. The fraction of sp³-hybridized carbons (Fsp3) is 0.586. The minimum atomic E-state index is -0.284. The minimum absolute atomic E-state index is 0.284. The van der Waals surface area contributed by atoms with Gasteiger partial charge in [0.1, 0.15) is 5.75 Å². The molecule has 0 atom stereocenters. The van der Waals surface area contributed by atoms with Gasteiger partial charge in [0.15, 0.2) is 6.29 Å². The average molecular weight is 437 g/mol. The van der Waals surface area contributed by atoms with E-state index >= 15 is 0 Å².